The van der Waals surface area contributed by atoms with Gasteiger partial charge >= 0.3 is 0 Å². The maximum absolute atomic E-state index is 5.60. The van der Waals surface area contributed by atoms with Gasteiger partial charge in [0, 0.05) is 0 Å². The summed E-state index contributed by atoms with van der Waals surface area (Å²) in [7, 11) is 0. The number of hydrogen-bond donors (Lipinski definition) is 1. The zero-order valence-electron chi connectivity index (χ0n) is 9.36. The SMILES string of the molecule is CC(C)(C)Cc1cn2nc(N)ccc2n1. The second-order valence-corrected chi connectivity index (χ2v) is 5.03. The van der Waals surface area contributed by atoms with Crippen molar-refractivity contribution < 1.29 is 0 Å². The van der Waals surface area contributed by atoms with Crippen LogP contribution in [-0.4, -0.2) is 14.6 Å². The molecule has 0 aliphatic rings. The van der Waals surface area contributed by atoms with Crippen molar-refractivity contribution >= 4 is 11.5 Å². The van der Waals surface area contributed by atoms with Crippen LogP contribution < -0.4 is 5.73 Å². The summed E-state index contributed by atoms with van der Waals surface area (Å²) in [6.07, 6.45) is 2.88. The lowest BCUT2D eigenvalue weighted by Gasteiger charge is -2.15. The van der Waals surface area contributed by atoms with Gasteiger partial charge in [0.25, 0.3) is 0 Å². The van der Waals surface area contributed by atoms with E-state index in [0.29, 0.717) is 5.82 Å². The molecule has 2 aromatic rings. The minimum Gasteiger partial charge on any atom is -0.382 e. The molecule has 0 aliphatic heterocycles. The summed E-state index contributed by atoms with van der Waals surface area (Å²) in [6.45, 7) is 6.58. The molecule has 0 aromatic carbocycles. The second kappa shape index (κ2) is 3.22. The fourth-order valence-electron chi connectivity index (χ4n) is 1.57. The van der Waals surface area contributed by atoms with Crippen molar-refractivity contribution in [2.24, 2.45) is 5.41 Å². The molecular weight excluding hydrogens is 188 g/mol. The van der Waals surface area contributed by atoms with E-state index in [2.05, 4.69) is 30.9 Å². The third-order valence-corrected chi connectivity index (χ3v) is 2.10. The summed E-state index contributed by atoms with van der Waals surface area (Å²) < 4.78 is 1.73. The van der Waals surface area contributed by atoms with Gasteiger partial charge in [-0.2, -0.15) is 0 Å². The molecule has 0 radical (unpaired) electrons. The summed E-state index contributed by atoms with van der Waals surface area (Å²) in [5.41, 5.74) is 7.75. The van der Waals surface area contributed by atoms with Gasteiger partial charge in [0.15, 0.2) is 5.65 Å². The van der Waals surface area contributed by atoms with Crippen LogP contribution in [0.1, 0.15) is 26.5 Å². The lowest BCUT2D eigenvalue weighted by atomic mass is 9.91. The molecule has 2 heterocycles. The highest BCUT2D eigenvalue weighted by Crippen LogP contribution is 2.20. The molecule has 0 unspecified atom stereocenters. The number of hydrogen-bond acceptors (Lipinski definition) is 3. The second-order valence-electron chi connectivity index (χ2n) is 5.03. The van der Waals surface area contributed by atoms with E-state index < -0.39 is 0 Å². The third-order valence-electron chi connectivity index (χ3n) is 2.10. The Kier molecular flexibility index (Phi) is 2.14. The molecule has 0 saturated carbocycles. The Bertz CT molecular complexity index is 479. The van der Waals surface area contributed by atoms with E-state index in [9.17, 15) is 0 Å². The zero-order valence-corrected chi connectivity index (χ0v) is 9.36. The maximum Gasteiger partial charge on any atom is 0.153 e. The summed E-state index contributed by atoms with van der Waals surface area (Å²) in [5, 5.41) is 4.16. The molecule has 4 heteroatoms. The largest absolute Gasteiger partial charge is 0.382 e. The standard InChI is InChI=1S/C11H16N4/c1-11(2,3)6-8-7-15-10(13-8)5-4-9(12)14-15/h4-5,7H,6H2,1-3H3,(H2,12,14). The highest BCUT2D eigenvalue weighted by atomic mass is 15.3. The number of rotatable bonds is 1. The molecule has 2 N–H and O–H groups in total. The van der Waals surface area contributed by atoms with Gasteiger partial charge in [0.2, 0.25) is 0 Å². The minimum atomic E-state index is 0.240. The first-order valence-electron chi connectivity index (χ1n) is 5.05. The molecule has 0 atom stereocenters. The Morgan fingerprint density at radius 1 is 1.33 bits per heavy atom. The average molecular weight is 204 g/mol. The Balaban J connectivity index is 2.39. The van der Waals surface area contributed by atoms with Gasteiger partial charge in [-0.15, -0.1) is 5.10 Å². The number of nitrogen functional groups attached to an aromatic ring is 1. The molecule has 0 amide bonds. The Morgan fingerprint density at radius 2 is 2.07 bits per heavy atom. The summed E-state index contributed by atoms with van der Waals surface area (Å²) in [4.78, 5) is 4.48. The predicted molar refractivity (Wildman–Crippen MR) is 60.6 cm³/mol. The van der Waals surface area contributed by atoms with Gasteiger partial charge in [-0.1, -0.05) is 20.8 Å². The highest BCUT2D eigenvalue weighted by Gasteiger charge is 2.13. The van der Waals surface area contributed by atoms with Crippen LogP contribution in [-0.2, 0) is 6.42 Å². The fraction of sp³-hybridized carbons (Fsp3) is 0.455. The van der Waals surface area contributed by atoms with Gasteiger partial charge in [-0.05, 0) is 24.0 Å². The zero-order chi connectivity index (χ0) is 11.1. The van der Waals surface area contributed by atoms with Crippen LogP contribution in [0.5, 0.6) is 0 Å². The first kappa shape index (κ1) is 9.96. The van der Waals surface area contributed by atoms with Gasteiger partial charge in [-0.25, -0.2) is 9.50 Å². The van der Waals surface area contributed by atoms with E-state index in [1.54, 1.807) is 10.6 Å². The first-order chi connectivity index (χ1) is 6.94. The number of nitrogens with two attached hydrogens (primary N) is 1. The maximum atomic E-state index is 5.60. The molecule has 2 rings (SSSR count). The molecule has 4 nitrogen and oxygen atoms in total. The summed E-state index contributed by atoms with van der Waals surface area (Å²) >= 11 is 0. The van der Waals surface area contributed by atoms with Gasteiger partial charge in [0.05, 0.1) is 11.9 Å². The first-order valence-corrected chi connectivity index (χ1v) is 5.05. The minimum absolute atomic E-state index is 0.240. The van der Waals surface area contributed by atoms with Crippen molar-refractivity contribution in [1.29, 1.82) is 0 Å². The average Bonchev–Trinajstić information content (AvgIpc) is 2.42. The number of imidazole rings is 1. The fourth-order valence-corrected chi connectivity index (χ4v) is 1.57. The normalized spacial score (nSPS) is 12.2. The Morgan fingerprint density at radius 3 is 2.73 bits per heavy atom. The van der Waals surface area contributed by atoms with Crippen molar-refractivity contribution in [2.45, 2.75) is 27.2 Å². The number of fused-ring (bicyclic) bond motifs is 1. The molecule has 0 fully saturated rings. The van der Waals surface area contributed by atoms with Crippen LogP contribution >= 0.6 is 0 Å². The lowest BCUT2D eigenvalue weighted by Crippen LogP contribution is -2.09. The molecular formula is C11H16N4. The van der Waals surface area contributed by atoms with Crippen LogP contribution in [0.3, 0.4) is 0 Å². The van der Waals surface area contributed by atoms with E-state index in [1.165, 1.54) is 0 Å². The van der Waals surface area contributed by atoms with Crippen molar-refractivity contribution in [3.05, 3.63) is 24.0 Å². The molecule has 0 aliphatic carbocycles. The molecule has 0 saturated heterocycles. The Hall–Kier alpha value is -1.58. The molecule has 80 valence electrons. The van der Waals surface area contributed by atoms with E-state index in [4.69, 9.17) is 5.73 Å². The quantitative estimate of drug-likeness (QED) is 0.771. The monoisotopic (exact) mass is 204 g/mol. The van der Waals surface area contributed by atoms with Crippen molar-refractivity contribution in [2.75, 3.05) is 5.73 Å². The van der Waals surface area contributed by atoms with Crippen LogP contribution in [0, 0.1) is 5.41 Å². The van der Waals surface area contributed by atoms with E-state index in [1.807, 2.05) is 12.3 Å². The van der Waals surface area contributed by atoms with Crippen LogP contribution in [0.4, 0.5) is 5.82 Å². The molecule has 2 aromatic heterocycles. The Labute approximate surface area is 89.1 Å². The summed E-state index contributed by atoms with van der Waals surface area (Å²) in [5.74, 6) is 0.516. The molecule has 0 bridgehead atoms. The van der Waals surface area contributed by atoms with E-state index in [-0.39, 0.29) is 5.41 Å². The highest BCUT2D eigenvalue weighted by molar-refractivity contribution is 5.43. The number of aromatic nitrogens is 3. The van der Waals surface area contributed by atoms with E-state index >= 15 is 0 Å². The van der Waals surface area contributed by atoms with Crippen molar-refractivity contribution in [3.8, 4) is 0 Å². The number of anilines is 1. The van der Waals surface area contributed by atoms with E-state index in [0.717, 1.165) is 17.8 Å². The predicted octanol–water partition coefficient (Wildman–Crippen LogP) is 1.90. The van der Waals surface area contributed by atoms with Gasteiger partial charge < -0.3 is 5.73 Å². The molecule has 15 heavy (non-hydrogen) atoms. The van der Waals surface area contributed by atoms with Crippen molar-refractivity contribution in [1.82, 2.24) is 14.6 Å². The number of nitrogens with zero attached hydrogens (tertiary/aromatic N) is 3. The van der Waals surface area contributed by atoms with Crippen LogP contribution in [0.15, 0.2) is 18.3 Å². The van der Waals surface area contributed by atoms with Gasteiger partial charge in [0.1, 0.15) is 5.82 Å². The van der Waals surface area contributed by atoms with Crippen LogP contribution in [0.25, 0.3) is 5.65 Å². The topological polar surface area (TPSA) is 56.2 Å². The van der Waals surface area contributed by atoms with Crippen molar-refractivity contribution in [3.63, 3.8) is 0 Å². The smallest absolute Gasteiger partial charge is 0.153 e. The summed E-state index contributed by atoms with van der Waals surface area (Å²) in [6, 6.07) is 3.65. The lowest BCUT2D eigenvalue weighted by molar-refractivity contribution is 0.407. The third kappa shape index (κ3) is 2.26. The molecule has 0 spiro atoms. The van der Waals surface area contributed by atoms with Crippen LogP contribution in [0.2, 0.25) is 0 Å². The van der Waals surface area contributed by atoms with Gasteiger partial charge in [-0.3, -0.25) is 0 Å².